The van der Waals surface area contributed by atoms with Crippen LogP contribution >= 0.6 is 0 Å². The van der Waals surface area contributed by atoms with Crippen molar-refractivity contribution in [2.75, 3.05) is 13.1 Å². The van der Waals surface area contributed by atoms with E-state index in [4.69, 9.17) is 5.11 Å². The van der Waals surface area contributed by atoms with Crippen molar-refractivity contribution in [1.29, 1.82) is 0 Å². The largest absolute Gasteiger partial charge is 0.392 e. The molecule has 16 heavy (non-hydrogen) atoms. The molecule has 0 saturated heterocycles. The van der Waals surface area contributed by atoms with E-state index in [9.17, 15) is 8.78 Å². The van der Waals surface area contributed by atoms with Crippen LogP contribution in [-0.2, 0) is 19.6 Å². The molecule has 0 spiro atoms. The van der Waals surface area contributed by atoms with E-state index in [1.54, 1.807) is 4.90 Å². The molecule has 0 fully saturated rings. The highest BCUT2D eigenvalue weighted by molar-refractivity contribution is 5.33. The molecule has 0 aliphatic carbocycles. The number of hydrogen-bond acceptors (Lipinski definition) is 2. The standard InChI is InChI=1S/C12H15F2NO/c13-12(14)7-15-4-3-10-5-9(8-16)1-2-11(10)6-15/h1-2,5,12,16H,3-4,6-8H2. The SMILES string of the molecule is OCc1ccc2c(c1)CCN(CC(F)F)C2. The molecule has 0 atom stereocenters. The summed E-state index contributed by atoms with van der Waals surface area (Å²) in [5, 5.41) is 9.00. The maximum absolute atomic E-state index is 12.2. The predicted octanol–water partition coefficient (Wildman–Crippen LogP) is 1.80. The van der Waals surface area contributed by atoms with E-state index in [1.807, 2.05) is 18.2 Å². The molecule has 0 unspecified atom stereocenters. The quantitative estimate of drug-likeness (QED) is 0.851. The predicted molar refractivity (Wildman–Crippen MR) is 57.3 cm³/mol. The van der Waals surface area contributed by atoms with Crippen molar-refractivity contribution >= 4 is 0 Å². The second kappa shape index (κ2) is 4.89. The Balaban J connectivity index is 2.09. The van der Waals surface area contributed by atoms with Crippen LogP contribution in [0.15, 0.2) is 18.2 Å². The highest BCUT2D eigenvalue weighted by Crippen LogP contribution is 2.20. The van der Waals surface area contributed by atoms with Gasteiger partial charge in [-0.25, -0.2) is 8.78 Å². The normalized spacial score (nSPS) is 16.5. The number of alkyl halides is 2. The Bertz CT molecular complexity index is 368. The third-order valence-corrected chi connectivity index (χ3v) is 2.94. The number of benzene rings is 1. The van der Waals surface area contributed by atoms with Crippen molar-refractivity contribution in [2.45, 2.75) is 26.0 Å². The monoisotopic (exact) mass is 227 g/mol. The van der Waals surface area contributed by atoms with Crippen LogP contribution in [0, 0.1) is 0 Å². The molecule has 2 rings (SSSR count). The van der Waals surface area contributed by atoms with Gasteiger partial charge in [-0.2, -0.15) is 0 Å². The molecule has 88 valence electrons. The van der Waals surface area contributed by atoms with Gasteiger partial charge < -0.3 is 5.11 Å². The first-order valence-corrected chi connectivity index (χ1v) is 5.41. The zero-order chi connectivity index (χ0) is 11.5. The molecule has 0 aromatic heterocycles. The lowest BCUT2D eigenvalue weighted by Crippen LogP contribution is -2.34. The van der Waals surface area contributed by atoms with Gasteiger partial charge in [0.05, 0.1) is 13.2 Å². The van der Waals surface area contributed by atoms with Crippen LogP contribution in [0.4, 0.5) is 8.78 Å². The third kappa shape index (κ3) is 2.57. The lowest BCUT2D eigenvalue weighted by Gasteiger charge is -2.28. The van der Waals surface area contributed by atoms with Crippen LogP contribution in [0.2, 0.25) is 0 Å². The van der Waals surface area contributed by atoms with Crippen LogP contribution in [0.25, 0.3) is 0 Å². The molecule has 0 amide bonds. The van der Waals surface area contributed by atoms with E-state index in [0.29, 0.717) is 13.1 Å². The summed E-state index contributed by atoms with van der Waals surface area (Å²) in [6.07, 6.45) is -1.48. The first-order valence-electron chi connectivity index (χ1n) is 5.41. The van der Waals surface area contributed by atoms with Gasteiger partial charge in [0.25, 0.3) is 6.43 Å². The maximum atomic E-state index is 12.2. The second-order valence-electron chi connectivity index (χ2n) is 4.14. The molecule has 1 aliphatic rings. The van der Waals surface area contributed by atoms with Gasteiger partial charge in [-0.3, -0.25) is 4.90 Å². The van der Waals surface area contributed by atoms with Crippen molar-refractivity contribution in [3.05, 3.63) is 34.9 Å². The Morgan fingerprint density at radius 1 is 1.31 bits per heavy atom. The van der Waals surface area contributed by atoms with Gasteiger partial charge in [0.2, 0.25) is 0 Å². The average Bonchev–Trinajstić information content (AvgIpc) is 2.27. The van der Waals surface area contributed by atoms with Crippen LogP contribution in [0.3, 0.4) is 0 Å². The summed E-state index contributed by atoms with van der Waals surface area (Å²) in [4.78, 5) is 1.77. The first-order chi connectivity index (χ1) is 7.69. The van der Waals surface area contributed by atoms with E-state index in [2.05, 4.69) is 0 Å². The van der Waals surface area contributed by atoms with Gasteiger partial charge in [-0.15, -0.1) is 0 Å². The summed E-state index contributed by atoms with van der Waals surface area (Å²) in [7, 11) is 0. The molecule has 1 heterocycles. The van der Waals surface area contributed by atoms with Crippen molar-refractivity contribution < 1.29 is 13.9 Å². The van der Waals surface area contributed by atoms with Crippen molar-refractivity contribution in [2.24, 2.45) is 0 Å². The minimum atomic E-state index is -2.27. The Labute approximate surface area is 93.5 Å². The average molecular weight is 227 g/mol. The molecule has 0 bridgehead atoms. The Kier molecular flexibility index (Phi) is 3.51. The fraction of sp³-hybridized carbons (Fsp3) is 0.500. The molecule has 1 aromatic carbocycles. The van der Waals surface area contributed by atoms with Gasteiger partial charge in [0.15, 0.2) is 0 Å². The molecular formula is C12H15F2NO. The van der Waals surface area contributed by atoms with E-state index < -0.39 is 6.43 Å². The zero-order valence-electron chi connectivity index (χ0n) is 9.00. The van der Waals surface area contributed by atoms with E-state index >= 15 is 0 Å². The lowest BCUT2D eigenvalue weighted by molar-refractivity contribution is 0.0820. The Morgan fingerprint density at radius 2 is 2.12 bits per heavy atom. The molecular weight excluding hydrogens is 212 g/mol. The Morgan fingerprint density at radius 3 is 2.81 bits per heavy atom. The number of aliphatic hydroxyl groups excluding tert-OH is 1. The lowest BCUT2D eigenvalue weighted by atomic mass is 9.97. The number of aliphatic hydroxyl groups is 1. The molecule has 0 radical (unpaired) electrons. The van der Waals surface area contributed by atoms with E-state index in [1.165, 1.54) is 5.56 Å². The molecule has 0 saturated carbocycles. The fourth-order valence-electron chi connectivity index (χ4n) is 2.11. The number of rotatable bonds is 3. The number of halogens is 2. The topological polar surface area (TPSA) is 23.5 Å². The fourth-order valence-corrected chi connectivity index (χ4v) is 2.11. The van der Waals surface area contributed by atoms with Gasteiger partial charge >= 0.3 is 0 Å². The summed E-state index contributed by atoms with van der Waals surface area (Å²) in [6.45, 7) is 1.15. The summed E-state index contributed by atoms with van der Waals surface area (Å²) in [5.74, 6) is 0. The first kappa shape index (κ1) is 11.5. The Hall–Kier alpha value is -1.00. The smallest absolute Gasteiger partial charge is 0.251 e. The van der Waals surface area contributed by atoms with Gasteiger partial charge in [-0.05, 0) is 23.1 Å². The van der Waals surface area contributed by atoms with Crippen LogP contribution in [0.5, 0.6) is 0 Å². The summed E-state index contributed by atoms with van der Waals surface area (Å²) >= 11 is 0. The zero-order valence-corrected chi connectivity index (χ0v) is 9.00. The van der Waals surface area contributed by atoms with E-state index in [0.717, 1.165) is 17.5 Å². The molecule has 2 nitrogen and oxygen atoms in total. The van der Waals surface area contributed by atoms with Crippen LogP contribution in [0.1, 0.15) is 16.7 Å². The summed E-state index contributed by atoms with van der Waals surface area (Å²) < 4.78 is 24.5. The van der Waals surface area contributed by atoms with Crippen molar-refractivity contribution in [3.63, 3.8) is 0 Å². The number of fused-ring (bicyclic) bond motifs is 1. The van der Waals surface area contributed by atoms with Crippen LogP contribution in [-0.4, -0.2) is 29.5 Å². The molecule has 1 aliphatic heterocycles. The minimum Gasteiger partial charge on any atom is -0.392 e. The van der Waals surface area contributed by atoms with E-state index in [-0.39, 0.29) is 13.2 Å². The number of nitrogens with zero attached hydrogens (tertiary/aromatic N) is 1. The third-order valence-electron chi connectivity index (χ3n) is 2.94. The van der Waals surface area contributed by atoms with Gasteiger partial charge in [-0.1, -0.05) is 18.2 Å². The van der Waals surface area contributed by atoms with Crippen molar-refractivity contribution in [3.8, 4) is 0 Å². The van der Waals surface area contributed by atoms with Gasteiger partial charge in [0.1, 0.15) is 0 Å². The maximum Gasteiger partial charge on any atom is 0.251 e. The summed E-state index contributed by atoms with van der Waals surface area (Å²) in [6, 6.07) is 5.75. The highest BCUT2D eigenvalue weighted by atomic mass is 19.3. The molecule has 4 heteroatoms. The van der Waals surface area contributed by atoms with Crippen molar-refractivity contribution in [1.82, 2.24) is 4.90 Å². The second-order valence-corrected chi connectivity index (χ2v) is 4.14. The van der Waals surface area contributed by atoms with Gasteiger partial charge in [0, 0.05) is 13.1 Å². The minimum absolute atomic E-state index is 0.0357. The number of hydrogen-bond donors (Lipinski definition) is 1. The molecule has 1 aromatic rings. The highest BCUT2D eigenvalue weighted by Gasteiger charge is 2.18. The van der Waals surface area contributed by atoms with Crippen LogP contribution < -0.4 is 0 Å². The summed E-state index contributed by atoms with van der Waals surface area (Å²) in [5.41, 5.74) is 3.17. The molecule has 1 N–H and O–H groups in total.